The first-order chi connectivity index (χ1) is 7.74. The van der Waals surface area contributed by atoms with Gasteiger partial charge in [0.1, 0.15) is 0 Å². The molecule has 1 aromatic heterocycles. The molecule has 0 radical (unpaired) electrons. The summed E-state index contributed by atoms with van der Waals surface area (Å²) in [7, 11) is 0. The molecule has 0 spiro atoms. The van der Waals surface area contributed by atoms with E-state index in [2.05, 4.69) is 35.9 Å². The van der Waals surface area contributed by atoms with E-state index < -0.39 is 0 Å². The summed E-state index contributed by atoms with van der Waals surface area (Å²) in [6.45, 7) is 5.36. The molecule has 16 heavy (non-hydrogen) atoms. The van der Waals surface area contributed by atoms with Crippen molar-refractivity contribution in [2.45, 2.75) is 32.7 Å². The zero-order valence-electron chi connectivity index (χ0n) is 9.95. The summed E-state index contributed by atoms with van der Waals surface area (Å²) in [5.41, 5.74) is 0. The van der Waals surface area contributed by atoms with E-state index in [0.717, 1.165) is 19.4 Å². The lowest BCUT2D eigenvalue weighted by Gasteiger charge is -2.11. The molecule has 0 saturated carbocycles. The van der Waals surface area contributed by atoms with Crippen molar-refractivity contribution in [3.8, 4) is 0 Å². The molecule has 4 heteroatoms. The van der Waals surface area contributed by atoms with E-state index in [4.69, 9.17) is 0 Å². The van der Waals surface area contributed by atoms with Gasteiger partial charge in [-0.25, -0.2) is 0 Å². The van der Waals surface area contributed by atoms with Gasteiger partial charge < -0.3 is 10.6 Å². The van der Waals surface area contributed by atoms with Crippen LogP contribution in [0.15, 0.2) is 17.5 Å². The number of hydrogen-bond acceptors (Lipinski definition) is 3. The van der Waals surface area contributed by atoms with Gasteiger partial charge in [-0.15, -0.1) is 11.3 Å². The molecular weight excluding hydrogens is 220 g/mol. The third kappa shape index (κ3) is 4.77. The zero-order valence-corrected chi connectivity index (χ0v) is 10.8. The fourth-order valence-electron chi connectivity index (χ4n) is 1.35. The number of unbranched alkanes of at least 4 members (excludes halogenated alkanes) is 1. The smallest absolute Gasteiger partial charge is 0.233 e. The Morgan fingerprint density at radius 3 is 3.00 bits per heavy atom. The summed E-state index contributed by atoms with van der Waals surface area (Å²) in [5.74, 6) is 0.0804. The number of rotatable bonds is 7. The van der Waals surface area contributed by atoms with Gasteiger partial charge >= 0.3 is 0 Å². The highest BCUT2D eigenvalue weighted by molar-refractivity contribution is 7.10. The van der Waals surface area contributed by atoms with E-state index in [1.807, 2.05) is 6.07 Å². The molecule has 90 valence electrons. The number of thiophene rings is 1. The summed E-state index contributed by atoms with van der Waals surface area (Å²) >= 11 is 1.71. The van der Waals surface area contributed by atoms with Crippen LogP contribution in [0.25, 0.3) is 0 Å². The van der Waals surface area contributed by atoms with Crippen LogP contribution in [0.4, 0.5) is 0 Å². The van der Waals surface area contributed by atoms with Crippen LogP contribution in [0.1, 0.15) is 37.6 Å². The average Bonchev–Trinajstić information content (AvgIpc) is 2.79. The molecule has 1 heterocycles. The van der Waals surface area contributed by atoms with E-state index in [1.54, 1.807) is 11.3 Å². The van der Waals surface area contributed by atoms with Crippen molar-refractivity contribution in [1.82, 2.24) is 10.6 Å². The highest BCUT2D eigenvalue weighted by Gasteiger charge is 2.07. The van der Waals surface area contributed by atoms with Gasteiger partial charge in [0.25, 0.3) is 0 Å². The van der Waals surface area contributed by atoms with Crippen LogP contribution in [-0.4, -0.2) is 19.0 Å². The molecule has 3 nitrogen and oxygen atoms in total. The predicted octanol–water partition coefficient (Wildman–Crippen LogP) is 2.32. The summed E-state index contributed by atoms with van der Waals surface area (Å²) in [6.07, 6.45) is 2.16. The van der Waals surface area contributed by atoms with Gasteiger partial charge in [-0.05, 0) is 24.8 Å². The van der Waals surface area contributed by atoms with Gasteiger partial charge in [-0.2, -0.15) is 0 Å². The first kappa shape index (κ1) is 13.2. The van der Waals surface area contributed by atoms with Crippen molar-refractivity contribution >= 4 is 17.2 Å². The molecule has 1 aromatic rings. The van der Waals surface area contributed by atoms with E-state index in [-0.39, 0.29) is 11.9 Å². The molecule has 0 aliphatic heterocycles. The maximum absolute atomic E-state index is 11.4. The third-order valence-electron chi connectivity index (χ3n) is 2.39. The van der Waals surface area contributed by atoms with Crippen molar-refractivity contribution in [1.29, 1.82) is 0 Å². The molecule has 0 saturated heterocycles. The molecule has 0 bridgehead atoms. The largest absolute Gasteiger partial charge is 0.355 e. The molecule has 0 aliphatic rings. The van der Waals surface area contributed by atoms with Crippen molar-refractivity contribution in [3.05, 3.63) is 22.4 Å². The molecule has 1 unspecified atom stereocenters. The highest BCUT2D eigenvalue weighted by atomic mass is 32.1. The Bertz CT molecular complexity index is 298. The van der Waals surface area contributed by atoms with Gasteiger partial charge in [0, 0.05) is 17.5 Å². The predicted molar refractivity (Wildman–Crippen MR) is 68.7 cm³/mol. The molecule has 0 fully saturated rings. The normalized spacial score (nSPS) is 12.4. The topological polar surface area (TPSA) is 41.1 Å². The number of carbonyl (C=O) groups excluding carboxylic acids is 1. The maximum Gasteiger partial charge on any atom is 0.233 e. The Morgan fingerprint density at radius 2 is 2.38 bits per heavy atom. The third-order valence-corrected chi connectivity index (χ3v) is 3.45. The molecular formula is C12H20N2OS. The summed E-state index contributed by atoms with van der Waals surface area (Å²) < 4.78 is 0. The molecule has 0 aliphatic carbocycles. The number of hydrogen-bond donors (Lipinski definition) is 2. The van der Waals surface area contributed by atoms with Crippen molar-refractivity contribution in [2.24, 2.45) is 0 Å². The molecule has 1 amide bonds. The number of carbonyl (C=O) groups is 1. The Kier molecular flexibility index (Phi) is 6.11. The first-order valence-electron chi connectivity index (χ1n) is 5.77. The van der Waals surface area contributed by atoms with Gasteiger partial charge in [0.2, 0.25) is 5.91 Å². The fraction of sp³-hybridized carbons (Fsp3) is 0.583. The summed E-state index contributed by atoms with van der Waals surface area (Å²) in [4.78, 5) is 12.7. The van der Waals surface area contributed by atoms with E-state index >= 15 is 0 Å². The number of amides is 1. The van der Waals surface area contributed by atoms with Crippen molar-refractivity contribution < 1.29 is 4.79 Å². The minimum Gasteiger partial charge on any atom is -0.355 e. The van der Waals surface area contributed by atoms with Crippen LogP contribution < -0.4 is 10.6 Å². The van der Waals surface area contributed by atoms with Crippen LogP contribution >= 0.6 is 11.3 Å². The van der Waals surface area contributed by atoms with Gasteiger partial charge in [-0.3, -0.25) is 4.79 Å². The van der Waals surface area contributed by atoms with Crippen LogP contribution in [0, 0.1) is 0 Å². The van der Waals surface area contributed by atoms with Gasteiger partial charge in [0.05, 0.1) is 6.54 Å². The molecule has 1 atom stereocenters. The second-order valence-electron chi connectivity index (χ2n) is 3.82. The Morgan fingerprint density at radius 1 is 1.56 bits per heavy atom. The summed E-state index contributed by atoms with van der Waals surface area (Å²) in [6, 6.07) is 4.36. The molecule has 1 rings (SSSR count). The Balaban J connectivity index is 2.16. The molecule has 2 N–H and O–H groups in total. The number of nitrogens with one attached hydrogen (secondary N) is 2. The maximum atomic E-state index is 11.4. The van der Waals surface area contributed by atoms with Gasteiger partial charge in [-0.1, -0.05) is 19.4 Å². The average molecular weight is 240 g/mol. The standard InChI is InChI=1S/C12H20N2OS/c1-3-4-7-13-12(15)9-14-10(2)11-6-5-8-16-11/h5-6,8,10,14H,3-4,7,9H2,1-2H3,(H,13,15). The van der Waals surface area contributed by atoms with Crippen LogP contribution in [0.3, 0.4) is 0 Å². The minimum absolute atomic E-state index is 0.0804. The fourth-order valence-corrected chi connectivity index (χ4v) is 2.11. The van der Waals surface area contributed by atoms with Crippen molar-refractivity contribution in [3.63, 3.8) is 0 Å². The van der Waals surface area contributed by atoms with Gasteiger partial charge in [0.15, 0.2) is 0 Å². The Hall–Kier alpha value is -0.870. The van der Waals surface area contributed by atoms with Crippen LogP contribution in [0.2, 0.25) is 0 Å². The van der Waals surface area contributed by atoms with Crippen LogP contribution in [0.5, 0.6) is 0 Å². The van der Waals surface area contributed by atoms with E-state index in [9.17, 15) is 4.79 Å². The lowest BCUT2D eigenvalue weighted by Crippen LogP contribution is -2.35. The second kappa shape index (κ2) is 7.41. The summed E-state index contributed by atoms with van der Waals surface area (Å²) in [5, 5.41) is 8.15. The lowest BCUT2D eigenvalue weighted by molar-refractivity contribution is -0.120. The lowest BCUT2D eigenvalue weighted by atomic mass is 10.3. The molecule has 0 aromatic carbocycles. The quantitative estimate of drug-likeness (QED) is 0.718. The first-order valence-corrected chi connectivity index (χ1v) is 6.65. The van der Waals surface area contributed by atoms with Crippen LogP contribution in [-0.2, 0) is 4.79 Å². The minimum atomic E-state index is 0.0804. The van der Waals surface area contributed by atoms with E-state index in [0.29, 0.717) is 6.54 Å². The Labute approximate surface area is 101 Å². The van der Waals surface area contributed by atoms with E-state index in [1.165, 1.54) is 4.88 Å². The monoisotopic (exact) mass is 240 g/mol. The zero-order chi connectivity index (χ0) is 11.8. The SMILES string of the molecule is CCCCNC(=O)CNC(C)c1cccs1. The highest BCUT2D eigenvalue weighted by Crippen LogP contribution is 2.17. The van der Waals surface area contributed by atoms with Crippen molar-refractivity contribution in [2.75, 3.05) is 13.1 Å². The second-order valence-corrected chi connectivity index (χ2v) is 4.80.